The highest BCUT2D eigenvalue weighted by Gasteiger charge is 2.47. The number of hydrogen-bond acceptors (Lipinski definition) is 5. The molecule has 2 aromatic heterocycles. The molecular weight excluding hydrogens is 499 g/mol. The average molecular weight is 525 g/mol. The van der Waals surface area contributed by atoms with Crippen LogP contribution in [-0.4, -0.2) is 53.4 Å². The zero-order valence-electron chi connectivity index (χ0n) is 20.3. The smallest absolute Gasteiger partial charge is 0.278 e. The molecule has 4 heterocycles. The van der Waals surface area contributed by atoms with Crippen LogP contribution >= 0.6 is 23.2 Å². The molecule has 0 radical (unpaired) electrons. The van der Waals surface area contributed by atoms with Gasteiger partial charge in [-0.2, -0.15) is 0 Å². The summed E-state index contributed by atoms with van der Waals surface area (Å²) in [5, 5.41) is 0.607. The van der Waals surface area contributed by atoms with Crippen molar-refractivity contribution in [1.29, 1.82) is 0 Å². The molecule has 5 rings (SSSR count). The number of hydrogen-bond donors (Lipinski definition) is 0. The molecule has 2 amide bonds. The van der Waals surface area contributed by atoms with Crippen LogP contribution in [0.15, 0.2) is 42.7 Å². The minimum atomic E-state index is -0.253. The first-order chi connectivity index (χ1) is 17.2. The number of carbonyl (C=O) groups is 2. The second-order valence-electron chi connectivity index (χ2n) is 9.52. The summed E-state index contributed by atoms with van der Waals surface area (Å²) in [5.41, 5.74) is 4.43. The summed E-state index contributed by atoms with van der Waals surface area (Å²) in [4.78, 5) is 38.9. The van der Waals surface area contributed by atoms with Gasteiger partial charge in [-0.3, -0.25) is 9.59 Å². The van der Waals surface area contributed by atoms with Crippen LogP contribution in [0.3, 0.4) is 0 Å². The molecule has 2 aliphatic rings. The highest BCUT2D eigenvalue weighted by atomic mass is 35.5. The van der Waals surface area contributed by atoms with Gasteiger partial charge in [0.25, 0.3) is 11.8 Å². The Hall–Kier alpha value is -3.16. The first-order valence-corrected chi connectivity index (χ1v) is 12.5. The van der Waals surface area contributed by atoms with E-state index in [0.717, 1.165) is 35.2 Å². The lowest BCUT2D eigenvalue weighted by molar-refractivity contribution is 0.0670. The number of fused-ring (bicyclic) bond motifs is 2. The Balaban J connectivity index is 1.40. The Labute approximate surface area is 220 Å². The zero-order valence-corrected chi connectivity index (χ0v) is 21.9. The predicted octanol–water partition coefficient (Wildman–Crippen LogP) is 5.24. The summed E-state index contributed by atoms with van der Waals surface area (Å²) in [6, 6.07) is 9.51. The van der Waals surface area contributed by atoms with E-state index in [4.69, 9.17) is 27.9 Å². The van der Waals surface area contributed by atoms with E-state index < -0.39 is 0 Å². The molecule has 3 aromatic rings. The molecule has 2 aliphatic heterocycles. The molecule has 7 nitrogen and oxygen atoms in total. The van der Waals surface area contributed by atoms with E-state index in [1.54, 1.807) is 18.2 Å². The number of benzene rings is 1. The van der Waals surface area contributed by atoms with Crippen molar-refractivity contribution >= 4 is 40.7 Å². The number of carbonyl (C=O) groups excluding carboxylic acids is 2. The van der Waals surface area contributed by atoms with E-state index in [9.17, 15) is 9.59 Å². The van der Waals surface area contributed by atoms with Gasteiger partial charge in [-0.05, 0) is 50.5 Å². The molecule has 186 valence electrons. The summed E-state index contributed by atoms with van der Waals surface area (Å²) in [7, 11) is 1.56. The van der Waals surface area contributed by atoms with Crippen LogP contribution < -0.4 is 9.64 Å². The lowest BCUT2D eigenvalue weighted by Crippen LogP contribution is -2.48. The maximum Gasteiger partial charge on any atom is 0.278 e. The van der Waals surface area contributed by atoms with Crippen molar-refractivity contribution < 1.29 is 14.3 Å². The number of amides is 2. The largest absolute Gasteiger partial charge is 0.481 e. The summed E-state index contributed by atoms with van der Waals surface area (Å²) in [6.45, 7) is 5.60. The number of pyridine rings is 2. The van der Waals surface area contributed by atoms with E-state index in [2.05, 4.69) is 16.0 Å². The zero-order chi connectivity index (χ0) is 25.6. The van der Waals surface area contributed by atoms with E-state index in [0.29, 0.717) is 36.1 Å². The molecule has 36 heavy (non-hydrogen) atoms. The van der Waals surface area contributed by atoms with Gasteiger partial charge in [0.05, 0.1) is 22.7 Å². The van der Waals surface area contributed by atoms with Crippen molar-refractivity contribution in [1.82, 2.24) is 14.9 Å². The molecule has 9 heteroatoms. The third-order valence-corrected chi connectivity index (χ3v) is 7.70. The van der Waals surface area contributed by atoms with Crippen molar-refractivity contribution in [2.45, 2.75) is 32.1 Å². The van der Waals surface area contributed by atoms with Crippen LogP contribution in [0.2, 0.25) is 10.0 Å². The number of likely N-dealkylation sites (tertiary alicyclic amines) is 1. The van der Waals surface area contributed by atoms with Crippen molar-refractivity contribution in [2.24, 2.45) is 0 Å². The first-order valence-electron chi connectivity index (χ1n) is 11.8. The molecule has 0 saturated carbocycles. The summed E-state index contributed by atoms with van der Waals surface area (Å²) < 4.78 is 5.22. The van der Waals surface area contributed by atoms with E-state index >= 15 is 0 Å². The van der Waals surface area contributed by atoms with Crippen LogP contribution in [-0.2, 0) is 5.41 Å². The second-order valence-corrected chi connectivity index (χ2v) is 10.4. The van der Waals surface area contributed by atoms with Gasteiger partial charge in [0, 0.05) is 48.7 Å². The molecule has 0 aliphatic carbocycles. The number of ether oxygens (including phenoxy) is 1. The number of anilines is 1. The fourth-order valence-corrected chi connectivity index (χ4v) is 5.77. The number of piperidine rings is 1. The van der Waals surface area contributed by atoms with Gasteiger partial charge in [0.1, 0.15) is 5.69 Å². The Morgan fingerprint density at radius 2 is 1.75 bits per heavy atom. The van der Waals surface area contributed by atoms with Gasteiger partial charge in [-0.15, -0.1) is 0 Å². The Bertz CT molecular complexity index is 1370. The Kier molecular flexibility index (Phi) is 6.39. The molecule has 0 bridgehead atoms. The molecule has 1 saturated heterocycles. The van der Waals surface area contributed by atoms with Crippen molar-refractivity contribution in [2.75, 3.05) is 31.6 Å². The topological polar surface area (TPSA) is 75.6 Å². The highest BCUT2D eigenvalue weighted by Crippen LogP contribution is 2.48. The second kappa shape index (κ2) is 9.37. The quantitative estimate of drug-likeness (QED) is 0.468. The van der Waals surface area contributed by atoms with Gasteiger partial charge in [-0.25, -0.2) is 9.97 Å². The molecule has 1 fully saturated rings. The summed E-state index contributed by atoms with van der Waals surface area (Å²) >= 11 is 12.3. The van der Waals surface area contributed by atoms with Gasteiger partial charge < -0.3 is 14.5 Å². The summed E-state index contributed by atoms with van der Waals surface area (Å²) in [5.74, 6) is 0.217. The van der Waals surface area contributed by atoms with Gasteiger partial charge in [-0.1, -0.05) is 40.9 Å². The van der Waals surface area contributed by atoms with Crippen LogP contribution in [0, 0.1) is 13.8 Å². The van der Waals surface area contributed by atoms with Crippen molar-refractivity contribution in [3.05, 3.63) is 80.7 Å². The molecule has 0 unspecified atom stereocenters. The highest BCUT2D eigenvalue weighted by molar-refractivity contribution is 6.36. The Morgan fingerprint density at radius 1 is 1.00 bits per heavy atom. The SMILES string of the molecule is COc1ncc(C(=O)N2CCC3(CC2)CN(C(=O)c2ncc(Cl)cc2Cl)c2ccc(C)cc23)cc1C. The minimum Gasteiger partial charge on any atom is -0.481 e. The number of methoxy groups -OCH3 is 1. The van der Waals surface area contributed by atoms with Gasteiger partial charge in [0.2, 0.25) is 5.88 Å². The normalized spacial score (nSPS) is 16.2. The number of aromatic nitrogens is 2. The minimum absolute atomic E-state index is 0.0457. The van der Waals surface area contributed by atoms with E-state index in [-0.39, 0.29) is 27.9 Å². The maximum absolute atomic E-state index is 13.5. The lowest BCUT2D eigenvalue weighted by atomic mass is 9.74. The number of aryl methyl sites for hydroxylation is 2. The molecule has 0 N–H and O–H groups in total. The van der Waals surface area contributed by atoms with Crippen molar-refractivity contribution in [3.63, 3.8) is 0 Å². The van der Waals surface area contributed by atoms with Crippen molar-refractivity contribution in [3.8, 4) is 5.88 Å². The monoisotopic (exact) mass is 524 g/mol. The maximum atomic E-state index is 13.5. The molecule has 1 aromatic carbocycles. The van der Waals surface area contributed by atoms with E-state index in [1.165, 1.54) is 12.3 Å². The molecular formula is C27H26Cl2N4O3. The molecule has 0 atom stereocenters. The fraction of sp³-hybridized carbons (Fsp3) is 0.333. The predicted molar refractivity (Wildman–Crippen MR) is 139 cm³/mol. The summed E-state index contributed by atoms with van der Waals surface area (Å²) in [6.07, 6.45) is 4.48. The molecule has 1 spiro atoms. The number of nitrogens with zero attached hydrogens (tertiary/aromatic N) is 4. The van der Waals surface area contributed by atoms with Gasteiger partial charge in [0.15, 0.2) is 0 Å². The van der Waals surface area contributed by atoms with Crippen LogP contribution in [0.4, 0.5) is 5.69 Å². The number of rotatable bonds is 3. The number of halogens is 2. The first kappa shape index (κ1) is 24.5. The third kappa shape index (κ3) is 4.20. The van der Waals surface area contributed by atoms with Crippen LogP contribution in [0.1, 0.15) is 50.4 Å². The standard InChI is InChI=1S/C27H26Cl2N4O3/c1-16-4-5-22-20(10-16)27(15-33(22)26(35)23-21(29)12-19(28)14-30-23)6-8-32(9-7-27)25(34)18-11-17(2)24(36-3)31-13-18/h4-5,10-14H,6-9,15H2,1-3H3. The Morgan fingerprint density at radius 3 is 2.42 bits per heavy atom. The van der Waals surface area contributed by atoms with E-state index in [1.807, 2.05) is 36.9 Å². The van der Waals surface area contributed by atoms with Crippen LogP contribution in [0.25, 0.3) is 0 Å². The fourth-order valence-electron chi connectivity index (χ4n) is 5.30. The third-order valence-electron chi connectivity index (χ3n) is 7.21. The van der Waals surface area contributed by atoms with Gasteiger partial charge >= 0.3 is 0 Å². The van der Waals surface area contributed by atoms with Crippen LogP contribution in [0.5, 0.6) is 5.88 Å². The average Bonchev–Trinajstić information content (AvgIpc) is 3.16. The lowest BCUT2D eigenvalue weighted by Gasteiger charge is -2.40.